The molecular weight excluding hydrogens is 433 g/mol. The van der Waals surface area contributed by atoms with Crippen molar-refractivity contribution in [1.82, 2.24) is 4.90 Å². The van der Waals surface area contributed by atoms with Crippen LogP contribution in [0.1, 0.15) is 18.2 Å². The second kappa shape index (κ2) is 19.5. The first-order chi connectivity index (χ1) is 13.7. The van der Waals surface area contributed by atoms with Crippen molar-refractivity contribution in [1.29, 1.82) is 0 Å². The van der Waals surface area contributed by atoms with E-state index in [1.807, 2.05) is 103 Å². The summed E-state index contributed by atoms with van der Waals surface area (Å²) in [5, 5.41) is 0. The average molecular weight is 468 g/mol. The highest BCUT2D eigenvalue weighted by atomic mass is 35.5. The first-order valence-corrected chi connectivity index (χ1v) is 9.33. The molecule has 0 bridgehead atoms. The van der Waals surface area contributed by atoms with Gasteiger partial charge in [-0.1, -0.05) is 25.8 Å². The molecule has 2 rings (SSSR count). The highest BCUT2D eigenvalue weighted by Gasteiger charge is 2.01. The Hall–Kier alpha value is -2.47. The van der Waals surface area contributed by atoms with Crippen LogP contribution in [0, 0.1) is 0 Å². The Bertz CT molecular complexity index is 792. The fourth-order valence-corrected chi connectivity index (χ4v) is 1.84. The number of halogens is 2. The zero-order chi connectivity index (χ0) is 22.2. The number of aryl methyl sites for hydroxylation is 2. The molecule has 0 spiro atoms. The molecular formula is C24H35Cl2N3O2. The van der Waals surface area contributed by atoms with Gasteiger partial charge in [-0.25, -0.2) is 13.9 Å². The Morgan fingerprint density at radius 3 is 2.00 bits per heavy atom. The first kappa shape index (κ1) is 33.2. The minimum atomic E-state index is -0.313. The van der Waals surface area contributed by atoms with Gasteiger partial charge in [0.2, 0.25) is 5.69 Å². The summed E-state index contributed by atoms with van der Waals surface area (Å²) in [7, 11) is 7.84. The third-order valence-corrected chi connectivity index (χ3v) is 3.66. The molecule has 0 saturated heterocycles. The van der Waals surface area contributed by atoms with Gasteiger partial charge in [0.25, 0.3) is 0 Å². The van der Waals surface area contributed by atoms with Crippen LogP contribution in [-0.4, -0.2) is 38.1 Å². The molecule has 0 amide bonds. The molecule has 31 heavy (non-hydrogen) atoms. The van der Waals surface area contributed by atoms with Gasteiger partial charge < -0.3 is 34.5 Å². The van der Waals surface area contributed by atoms with E-state index in [0.717, 1.165) is 17.8 Å². The number of likely N-dealkylation sites (N-methyl/N-ethyl adjacent to an activating group) is 1. The summed E-state index contributed by atoms with van der Waals surface area (Å²) in [5.41, 5.74) is 2.74. The summed E-state index contributed by atoms with van der Waals surface area (Å²) in [6.45, 7) is 13.6. The summed E-state index contributed by atoms with van der Waals surface area (Å²) < 4.78 is 8.85. The van der Waals surface area contributed by atoms with Crippen molar-refractivity contribution in [2.45, 2.75) is 6.92 Å². The van der Waals surface area contributed by atoms with Crippen molar-refractivity contribution in [2.75, 3.05) is 27.2 Å². The van der Waals surface area contributed by atoms with E-state index in [-0.39, 0.29) is 30.8 Å². The molecule has 0 fully saturated rings. The Balaban J connectivity index is -0.000000369. The minimum absolute atomic E-state index is 0. The lowest BCUT2D eigenvalue weighted by molar-refractivity contribution is -0.673. The smallest absolute Gasteiger partial charge is 0.333 e. The molecule has 2 heterocycles. The second-order valence-corrected chi connectivity index (χ2v) is 6.66. The van der Waals surface area contributed by atoms with Crippen LogP contribution < -0.4 is 33.9 Å². The standard InChI is InChI=1S/C8H15NO2.2C8H10N.2ClH/c1-7(2)8(10)11-6-5-9(3)4;1-3-8-4-6-9(2)7-5-8;1-3-8-6-4-5-7-9(8)2;;/h1,5-6H2,2-4H3;2*3-7H,1H2,2H3;2*1H/q;2*+1;;/p-2. The van der Waals surface area contributed by atoms with Crippen LogP contribution in [0.2, 0.25) is 0 Å². The summed E-state index contributed by atoms with van der Waals surface area (Å²) in [6, 6.07) is 10.1. The molecule has 0 saturated carbocycles. The summed E-state index contributed by atoms with van der Waals surface area (Å²) in [4.78, 5) is 12.7. The number of rotatable bonds is 6. The second-order valence-electron chi connectivity index (χ2n) is 6.66. The number of hydrogen-bond donors (Lipinski definition) is 0. The van der Waals surface area contributed by atoms with Crippen molar-refractivity contribution in [3.8, 4) is 0 Å². The number of carbonyl (C=O) groups excluding carboxylic acids is 1. The van der Waals surface area contributed by atoms with Crippen molar-refractivity contribution in [3.05, 3.63) is 85.5 Å². The molecule has 2 aromatic rings. The lowest BCUT2D eigenvalue weighted by Crippen LogP contribution is -3.00. The predicted octanol–water partition coefficient (Wildman–Crippen LogP) is -3.02. The molecule has 2 aromatic heterocycles. The van der Waals surface area contributed by atoms with Gasteiger partial charge in [0.05, 0.1) is 0 Å². The van der Waals surface area contributed by atoms with Crippen LogP contribution in [0.15, 0.2) is 74.2 Å². The quantitative estimate of drug-likeness (QED) is 0.258. The van der Waals surface area contributed by atoms with Crippen LogP contribution in [0.3, 0.4) is 0 Å². The zero-order valence-corrected chi connectivity index (χ0v) is 20.7. The lowest BCUT2D eigenvalue weighted by atomic mass is 10.3. The van der Waals surface area contributed by atoms with Gasteiger partial charge in [-0.15, -0.1) is 0 Å². The SMILES string of the molecule is C=C(C)C(=O)OCCN(C)C.C=Cc1cc[n+](C)cc1.C=Cc1cccc[n+]1C.[Cl-].[Cl-]. The van der Waals surface area contributed by atoms with Crippen molar-refractivity contribution in [2.24, 2.45) is 14.1 Å². The number of aromatic nitrogens is 2. The Morgan fingerprint density at radius 2 is 1.61 bits per heavy atom. The minimum Gasteiger partial charge on any atom is -1.00 e. The van der Waals surface area contributed by atoms with Gasteiger partial charge in [-0.05, 0) is 32.6 Å². The fraction of sp³-hybridized carbons (Fsp3) is 0.292. The molecule has 0 radical (unpaired) electrons. The third kappa shape index (κ3) is 17.0. The largest absolute Gasteiger partial charge is 1.00 e. The van der Waals surface area contributed by atoms with Gasteiger partial charge in [-0.3, -0.25) is 0 Å². The van der Waals surface area contributed by atoms with E-state index in [1.54, 1.807) is 6.92 Å². The number of pyridine rings is 2. The normalized spacial score (nSPS) is 8.71. The topological polar surface area (TPSA) is 37.3 Å². The Labute approximate surface area is 200 Å². The fourth-order valence-electron chi connectivity index (χ4n) is 1.84. The summed E-state index contributed by atoms with van der Waals surface area (Å²) in [5.74, 6) is -0.313. The van der Waals surface area contributed by atoms with Crippen molar-refractivity contribution < 1.29 is 43.5 Å². The van der Waals surface area contributed by atoms with Gasteiger partial charge in [0.15, 0.2) is 18.6 Å². The van der Waals surface area contributed by atoms with Crippen molar-refractivity contribution >= 4 is 18.1 Å². The monoisotopic (exact) mass is 467 g/mol. The number of esters is 1. The van der Waals surface area contributed by atoms with E-state index in [4.69, 9.17) is 4.74 Å². The molecule has 0 unspecified atom stereocenters. The predicted molar refractivity (Wildman–Crippen MR) is 120 cm³/mol. The molecule has 0 N–H and O–H groups in total. The molecule has 0 aromatic carbocycles. The lowest BCUT2D eigenvalue weighted by Gasteiger charge is -2.09. The van der Waals surface area contributed by atoms with Gasteiger partial charge >= 0.3 is 5.97 Å². The molecule has 0 aliphatic rings. The van der Waals surface area contributed by atoms with Gasteiger partial charge in [0.1, 0.15) is 20.7 Å². The van der Waals surface area contributed by atoms with Crippen LogP contribution in [0.5, 0.6) is 0 Å². The number of ether oxygens (including phenoxy) is 1. The number of nitrogens with zero attached hydrogens (tertiary/aromatic N) is 3. The van der Waals surface area contributed by atoms with E-state index >= 15 is 0 Å². The summed E-state index contributed by atoms with van der Waals surface area (Å²) >= 11 is 0. The van der Waals surface area contributed by atoms with Crippen LogP contribution in [-0.2, 0) is 23.6 Å². The highest BCUT2D eigenvalue weighted by Crippen LogP contribution is 1.94. The maximum Gasteiger partial charge on any atom is 0.333 e. The van der Waals surface area contributed by atoms with Crippen LogP contribution in [0.25, 0.3) is 12.2 Å². The highest BCUT2D eigenvalue weighted by molar-refractivity contribution is 5.86. The maximum absolute atomic E-state index is 10.8. The maximum atomic E-state index is 10.8. The molecule has 172 valence electrons. The molecule has 0 atom stereocenters. The van der Waals surface area contributed by atoms with Gasteiger partial charge in [-0.2, -0.15) is 0 Å². The van der Waals surface area contributed by atoms with E-state index in [2.05, 4.69) is 19.7 Å². The number of hydrogen-bond acceptors (Lipinski definition) is 3. The third-order valence-electron chi connectivity index (χ3n) is 3.66. The van der Waals surface area contributed by atoms with E-state index < -0.39 is 0 Å². The Kier molecular flexibility index (Phi) is 20.9. The van der Waals surface area contributed by atoms with Crippen LogP contribution >= 0.6 is 0 Å². The molecule has 0 aliphatic heterocycles. The van der Waals surface area contributed by atoms with Gasteiger partial charge in [0, 0.05) is 42.5 Å². The van der Waals surface area contributed by atoms with E-state index in [9.17, 15) is 4.79 Å². The Morgan fingerprint density at radius 1 is 1.03 bits per heavy atom. The zero-order valence-electron chi connectivity index (χ0n) is 19.2. The number of carbonyl (C=O) groups is 1. The average Bonchev–Trinajstić information content (AvgIpc) is 2.69. The first-order valence-electron chi connectivity index (χ1n) is 9.33. The summed E-state index contributed by atoms with van der Waals surface area (Å²) in [6.07, 6.45) is 9.66. The molecule has 7 heteroatoms. The van der Waals surface area contributed by atoms with Crippen LogP contribution in [0.4, 0.5) is 0 Å². The molecule has 0 aliphatic carbocycles. The van der Waals surface area contributed by atoms with E-state index in [1.165, 1.54) is 0 Å². The molecule has 5 nitrogen and oxygen atoms in total. The van der Waals surface area contributed by atoms with Crippen molar-refractivity contribution in [3.63, 3.8) is 0 Å². The van der Waals surface area contributed by atoms with E-state index in [0.29, 0.717) is 12.2 Å².